The minimum Gasteiger partial charge on any atom is -0.393 e. The molecular formula is C16H26O3. The van der Waals surface area contributed by atoms with Crippen LogP contribution in [0.25, 0.3) is 0 Å². The van der Waals surface area contributed by atoms with Gasteiger partial charge in [-0.05, 0) is 37.5 Å². The van der Waals surface area contributed by atoms with Crippen molar-refractivity contribution < 1.29 is 14.3 Å². The Kier molecular flexibility index (Phi) is 5.77. The number of allylic oxidation sites excluding steroid dienone is 2. The molecule has 0 aromatic carbocycles. The van der Waals surface area contributed by atoms with Crippen LogP contribution in [0.2, 0.25) is 0 Å². The summed E-state index contributed by atoms with van der Waals surface area (Å²) in [6, 6.07) is 0. The van der Waals surface area contributed by atoms with E-state index in [0.29, 0.717) is 11.8 Å². The number of rotatable bonds is 6. The number of carbonyl (C=O) groups is 2. The van der Waals surface area contributed by atoms with E-state index < -0.39 is 0 Å². The molecule has 1 fully saturated rings. The van der Waals surface area contributed by atoms with E-state index in [2.05, 4.69) is 38.5 Å². The lowest BCUT2D eigenvalue weighted by Crippen LogP contribution is -2.15. The molecule has 0 N–H and O–H groups in total. The zero-order valence-corrected chi connectivity index (χ0v) is 12.7. The van der Waals surface area contributed by atoms with Gasteiger partial charge >= 0.3 is 11.9 Å². The van der Waals surface area contributed by atoms with Gasteiger partial charge in [-0.3, -0.25) is 9.59 Å². The number of esters is 2. The molecule has 3 unspecified atom stereocenters. The fraction of sp³-hybridized carbons (Fsp3) is 0.750. The Morgan fingerprint density at radius 1 is 1.32 bits per heavy atom. The molecule has 1 rings (SSSR count). The molecule has 3 nitrogen and oxygen atoms in total. The smallest absolute Gasteiger partial charge is 0.317 e. The molecule has 108 valence electrons. The van der Waals surface area contributed by atoms with E-state index in [1.165, 1.54) is 12.0 Å². The van der Waals surface area contributed by atoms with Gasteiger partial charge in [-0.15, -0.1) is 0 Å². The Morgan fingerprint density at radius 2 is 1.95 bits per heavy atom. The molecule has 19 heavy (non-hydrogen) atoms. The van der Waals surface area contributed by atoms with Crippen molar-refractivity contribution in [2.24, 2.45) is 23.7 Å². The van der Waals surface area contributed by atoms with Crippen LogP contribution in [0, 0.1) is 23.7 Å². The van der Waals surface area contributed by atoms with E-state index >= 15 is 0 Å². The maximum atomic E-state index is 11.5. The van der Waals surface area contributed by atoms with E-state index in [9.17, 15) is 9.59 Å². The van der Waals surface area contributed by atoms with E-state index in [1.807, 2.05) is 6.92 Å². The van der Waals surface area contributed by atoms with Crippen molar-refractivity contribution in [3.63, 3.8) is 0 Å². The number of cyclic esters (lactones) is 2. The van der Waals surface area contributed by atoms with Crippen molar-refractivity contribution in [2.75, 3.05) is 0 Å². The molecule has 3 heteroatoms. The van der Waals surface area contributed by atoms with Crippen LogP contribution in [0.3, 0.4) is 0 Å². The third kappa shape index (κ3) is 5.17. The second-order valence-electron chi connectivity index (χ2n) is 6.41. The number of carbonyl (C=O) groups excluding carboxylic acids is 2. The van der Waals surface area contributed by atoms with Gasteiger partial charge in [0, 0.05) is 0 Å². The third-order valence-electron chi connectivity index (χ3n) is 3.63. The second-order valence-corrected chi connectivity index (χ2v) is 6.41. The molecule has 1 aliphatic heterocycles. The topological polar surface area (TPSA) is 43.4 Å². The predicted octanol–water partition coefficient (Wildman–Crippen LogP) is 3.73. The molecule has 0 aliphatic carbocycles. The van der Waals surface area contributed by atoms with Gasteiger partial charge in [0.05, 0.1) is 12.3 Å². The average molecular weight is 266 g/mol. The van der Waals surface area contributed by atoms with Gasteiger partial charge in [-0.1, -0.05) is 39.3 Å². The monoisotopic (exact) mass is 266 g/mol. The van der Waals surface area contributed by atoms with Crippen LogP contribution >= 0.6 is 0 Å². The Morgan fingerprint density at radius 3 is 2.42 bits per heavy atom. The maximum Gasteiger partial charge on any atom is 0.317 e. The predicted molar refractivity (Wildman–Crippen MR) is 75.4 cm³/mol. The highest BCUT2D eigenvalue weighted by atomic mass is 16.6. The zero-order valence-electron chi connectivity index (χ0n) is 12.7. The average Bonchev–Trinajstić information content (AvgIpc) is 2.55. The molecule has 0 aromatic heterocycles. The SMILES string of the molecule is CC(=CC(C)C1CC(=O)OC1=O)CC(C)CC(C)C. The van der Waals surface area contributed by atoms with Crippen LogP contribution in [0.1, 0.15) is 53.9 Å². The highest BCUT2D eigenvalue weighted by Crippen LogP contribution is 2.27. The quantitative estimate of drug-likeness (QED) is 0.418. The third-order valence-corrected chi connectivity index (χ3v) is 3.63. The van der Waals surface area contributed by atoms with Gasteiger partial charge < -0.3 is 4.74 Å². The standard InChI is InChI=1S/C16H26O3/c1-10(2)6-11(3)7-12(4)8-13(5)14-9-15(17)19-16(14)18/h8,10-11,13-14H,6-7,9H2,1-5H3. The van der Waals surface area contributed by atoms with E-state index in [0.717, 1.165) is 6.42 Å². The van der Waals surface area contributed by atoms with Gasteiger partial charge in [0.15, 0.2) is 0 Å². The first-order valence-electron chi connectivity index (χ1n) is 7.21. The number of hydrogen-bond donors (Lipinski definition) is 0. The first-order chi connectivity index (χ1) is 8.79. The van der Waals surface area contributed by atoms with Gasteiger partial charge in [-0.25, -0.2) is 0 Å². The fourth-order valence-corrected chi connectivity index (χ4v) is 2.96. The van der Waals surface area contributed by atoms with Crippen LogP contribution in [0.15, 0.2) is 11.6 Å². The summed E-state index contributed by atoms with van der Waals surface area (Å²) in [6.45, 7) is 10.8. The van der Waals surface area contributed by atoms with Crippen molar-refractivity contribution in [3.8, 4) is 0 Å². The lowest BCUT2D eigenvalue weighted by atomic mass is 9.88. The molecule has 0 radical (unpaired) electrons. The zero-order chi connectivity index (χ0) is 14.6. The molecule has 0 saturated carbocycles. The summed E-state index contributed by atoms with van der Waals surface area (Å²) >= 11 is 0. The molecule has 0 aromatic rings. The summed E-state index contributed by atoms with van der Waals surface area (Å²) in [6.07, 6.45) is 4.62. The first kappa shape index (κ1) is 15.9. The van der Waals surface area contributed by atoms with Gasteiger partial charge in [0.25, 0.3) is 0 Å². The molecule has 0 bridgehead atoms. The summed E-state index contributed by atoms with van der Waals surface area (Å²) in [5.41, 5.74) is 1.30. The maximum absolute atomic E-state index is 11.5. The van der Waals surface area contributed by atoms with Crippen molar-refractivity contribution in [3.05, 3.63) is 11.6 Å². The van der Waals surface area contributed by atoms with Crippen molar-refractivity contribution in [1.29, 1.82) is 0 Å². The summed E-state index contributed by atoms with van der Waals surface area (Å²) < 4.78 is 4.60. The summed E-state index contributed by atoms with van der Waals surface area (Å²) in [5.74, 6) is 0.397. The lowest BCUT2D eigenvalue weighted by Gasteiger charge is -2.16. The molecular weight excluding hydrogens is 240 g/mol. The van der Waals surface area contributed by atoms with Crippen LogP contribution < -0.4 is 0 Å². The molecule has 0 amide bonds. The van der Waals surface area contributed by atoms with Gasteiger partial charge in [0.1, 0.15) is 0 Å². The number of ether oxygens (including phenoxy) is 1. The normalized spacial score (nSPS) is 23.7. The molecule has 1 heterocycles. The first-order valence-corrected chi connectivity index (χ1v) is 7.21. The van der Waals surface area contributed by atoms with Crippen molar-refractivity contribution in [1.82, 2.24) is 0 Å². The second kappa shape index (κ2) is 6.88. The van der Waals surface area contributed by atoms with Crippen molar-refractivity contribution >= 4 is 11.9 Å². The molecule has 1 saturated heterocycles. The summed E-state index contributed by atoms with van der Waals surface area (Å²) in [7, 11) is 0. The van der Waals surface area contributed by atoms with Crippen LogP contribution in [0.5, 0.6) is 0 Å². The Labute approximate surface area is 116 Å². The van der Waals surface area contributed by atoms with Crippen LogP contribution in [-0.4, -0.2) is 11.9 Å². The van der Waals surface area contributed by atoms with Gasteiger partial charge in [0.2, 0.25) is 0 Å². The minimum atomic E-state index is -0.388. The van der Waals surface area contributed by atoms with E-state index in [4.69, 9.17) is 0 Å². The Hall–Kier alpha value is -1.12. The van der Waals surface area contributed by atoms with E-state index in [-0.39, 0.29) is 30.2 Å². The van der Waals surface area contributed by atoms with Gasteiger partial charge in [-0.2, -0.15) is 0 Å². The highest BCUT2D eigenvalue weighted by molar-refractivity contribution is 5.94. The van der Waals surface area contributed by atoms with E-state index in [1.54, 1.807) is 0 Å². The van der Waals surface area contributed by atoms with Crippen LogP contribution in [0.4, 0.5) is 0 Å². The lowest BCUT2D eigenvalue weighted by molar-refractivity contribution is -0.153. The Bertz CT molecular complexity index is 368. The molecule has 3 atom stereocenters. The largest absolute Gasteiger partial charge is 0.393 e. The fourth-order valence-electron chi connectivity index (χ4n) is 2.96. The summed E-state index contributed by atoms with van der Waals surface area (Å²) in [4.78, 5) is 22.6. The molecule has 1 aliphatic rings. The molecule has 0 spiro atoms. The summed E-state index contributed by atoms with van der Waals surface area (Å²) in [5, 5.41) is 0. The van der Waals surface area contributed by atoms with Crippen molar-refractivity contribution in [2.45, 2.75) is 53.9 Å². The Balaban J connectivity index is 2.53. The highest BCUT2D eigenvalue weighted by Gasteiger charge is 2.36. The minimum absolute atomic E-state index is 0.0743. The van der Waals surface area contributed by atoms with Crippen LogP contribution in [-0.2, 0) is 14.3 Å². The number of hydrogen-bond acceptors (Lipinski definition) is 3.